The van der Waals surface area contributed by atoms with Crippen molar-refractivity contribution < 1.29 is 27.4 Å². The van der Waals surface area contributed by atoms with E-state index >= 15 is 0 Å². The fourth-order valence-electron chi connectivity index (χ4n) is 3.30. The van der Waals surface area contributed by atoms with E-state index in [0.717, 1.165) is 11.1 Å². The van der Waals surface area contributed by atoms with Crippen molar-refractivity contribution in [1.82, 2.24) is 0 Å². The number of ether oxygens (including phenoxy) is 2. The van der Waals surface area contributed by atoms with E-state index in [2.05, 4.69) is 0 Å². The van der Waals surface area contributed by atoms with Crippen LogP contribution in [0.3, 0.4) is 0 Å². The van der Waals surface area contributed by atoms with Crippen molar-refractivity contribution in [3.8, 4) is 5.75 Å². The molecule has 0 saturated heterocycles. The maximum Gasteiger partial charge on any atom is 0.389 e. The van der Waals surface area contributed by atoms with Gasteiger partial charge in [-0.2, -0.15) is 13.2 Å². The molecule has 1 aliphatic carbocycles. The summed E-state index contributed by atoms with van der Waals surface area (Å²) in [6.45, 7) is 0.421. The lowest BCUT2D eigenvalue weighted by atomic mass is 9.93. The normalized spacial score (nSPS) is 15.5. The number of aliphatic imine (C=N–C) groups is 1. The van der Waals surface area contributed by atoms with Gasteiger partial charge < -0.3 is 9.47 Å². The van der Waals surface area contributed by atoms with E-state index < -0.39 is 18.0 Å². The SMILES string of the molecule is COC(=O)C1(/C(=N/Cc2ccccc2)c2ccc(OCCCC(F)(F)F)cc2)CC1. The van der Waals surface area contributed by atoms with E-state index in [1.165, 1.54) is 7.11 Å². The van der Waals surface area contributed by atoms with E-state index in [1.807, 2.05) is 30.3 Å². The van der Waals surface area contributed by atoms with Crippen molar-refractivity contribution in [3.63, 3.8) is 0 Å². The Morgan fingerprint density at radius 1 is 1.07 bits per heavy atom. The molecule has 1 saturated carbocycles. The van der Waals surface area contributed by atoms with Crippen molar-refractivity contribution in [2.75, 3.05) is 13.7 Å². The van der Waals surface area contributed by atoms with E-state index in [0.29, 0.717) is 30.8 Å². The second-order valence-corrected chi connectivity index (χ2v) is 7.32. The predicted molar refractivity (Wildman–Crippen MR) is 108 cm³/mol. The van der Waals surface area contributed by atoms with Crippen LogP contribution in [-0.4, -0.2) is 31.6 Å². The molecule has 0 spiro atoms. The first-order chi connectivity index (χ1) is 14.3. The number of rotatable bonds is 9. The van der Waals surface area contributed by atoms with Crippen molar-refractivity contribution in [1.29, 1.82) is 0 Å². The fraction of sp³-hybridized carbons (Fsp3) is 0.391. The minimum absolute atomic E-state index is 0.0140. The van der Waals surface area contributed by atoms with Gasteiger partial charge in [-0.3, -0.25) is 9.79 Å². The van der Waals surface area contributed by atoms with Crippen molar-refractivity contribution in [2.45, 2.75) is 38.4 Å². The molecule has 0 N–H and O–H groups in total. The van der Waals surface area contributed by atoms with Gasteiger partial charge in [0.05, 0.1) is 26.0 Å². The first-order valence-corrected chi connectivity index (χ1v) is 9.81. The molecule has 30 heavy (non-hydrogen) atoms. The summed E-state index contributed by atoms with van der Waals surface area (Å²) in [6, 6.07) is 16.7. The summed E-state index contributed by atoms with van der Waals surface area (Å²) in [5, 5.41) is 0. The Hall–Kier alpha value is -2.83. The van der Waals surface area contributed by atoms with Crippen LogP contribution < -0.4 is 4.74 Å². The van der Waals surface area contributed by atoms with Crippen LogP contribution in [0.25, 0.3) is 0 Å². The van der Waals surface area contributed by atoms with Gasteiger partial charge in [-0.15, -0.1) is 0 Å². The molecule has 1 fully saturated rings. The Balaban J connectivity index is 1.74. The first-order valence-electron chi connectivity index (χ1n) is 9.81. The number of hydrogen-bond acceptors (Lipinski definition) is 4. The minimum atomic E-state index is -4.18. The number of alkyl halides is 3. The Bertz CT molecular complexity index is 873. The number of hydrogen-bond donors (Lipinski definition) is 0. The maximum atomic E-state index is 12.4. The van der Waals surface area contributed by atoms with Gasteiger partial charge in [0, 0.05) is 6.42 Å². The Kier molecular flexibility index (Phi) is 6.80. The number of carbonyl (C=O) groups excluding carboxylic acids is 1. The monoisotopic (exact) mass is 419 g/mol. The van der Waals surface area contributed by atoms with Gasteiger partial charge in [-0.25, -0.2) is 0 Å². The molecule has 0 bridgehead atoms. The quantitative estimate of drug-likeness (QED) is 0.313. The fourth-order valence-corrected chi connectivity index (χ4v) is 3.30. The summed E-state index contributed by atoms with van der Waals surface area (Å²) in [7, 11) is 1.37. The Morgan fingerprint density at radius 2 is 1.73 bits per heavy atom. The summed E-state index contributed by atoms with van der Waals surface area (Å²) in [4.78, 5) is 17.2. The first kappa shape index (κ1) is 21.9. The van der Waals surface area contributed by atoms with Gasteiger partial charge in [-0.05, 0) is 54.7 Å². The van der Waals surface area contributed by atoms with Gasteiger partial charge in [0.1, 0.15) is 11.2 Å². The molecule has 7 heteroatoms. The minimum Gasteiger partial charge on any atom is -0.494 e. The molecule has 0 atom stereocenters. The van der Waals surface area contributed by atoms with Crippen molar-refractivity contribution in [3.05, 3.63) is 65.7 Å². The average molecular weight is 419 g/mol. The van der Waals surface area contributed by atoms with Crippen LogP contribution in [0.1, 0.15) is 36.8 Å². The van der Waals surface area contributed by atoms with E-state index in [-0.39, 0.29) is 19.0 Å². The average Bonchev–Trinajstić information content (AvgIpc) is 3.53. The number of methoxy groups -OCH3 is 1. The molecule has 0 aliphatic heterocycles. The number of nitrogens with zero attached hydrogens (tertiary/aromatic N) is 1. The van der Waals surface area contributed by atoms with Crippen LogP contribution in [0.15, 0.2) is 59.6 Å². The lowest BCUT2D eigenvalue weighted by Gasteiger charge is -2.17. The second kappa shape index (κ2) is 9.32. The summed E-state index contributed by atoms with van der Waals surface area (Å²) in [6.07, 6.45) is -3.81. The van der Waals surface area contributed by atoms with E-state index in [9.17, 15) is 18.0 Å². The lowest BCUT2D eigenvalue weighted by molar-refractivity contribution is -0.144. The molecule has 4 nitrogen and oxygen atoms in total. The zero-order valence-corrected chi connectivity index (χ0v) is 16.7. The largest absolute Gasteiger partial charge is 0.494 e. The molecule has 0 heterocycles. The molecule has 3 rings (SSSR count). The molecular weight excluding hydrogens is 395 g/mol. The number of halogens is 3. The van der Waals surface area contributed by atoms with Crippen LogP contribution in [0.4, 0.5) is 13.2 Å². The highest BCUT2D eigenvalue weighted by Crippen LogP contribution is 2.50. The third-order valence-corrected chi connectivity index (χ3v) is 5.04. The number of carbonyl (C=O) groups is 1. The summed E-state index contributed by atoms with van der Waals surface area (Å²) >= 11 is 0. The molecule has 160 valence electrons. The zero-order valence-electron chi connectivity index (χ0n) is 16.7. The van der Waals surface area contributed by atoms with Crippen molar-refractivity contribution in [2.24, 2.45) is 10.4 Å². The lowest BCUT2D eigenvalue weighted by Crippen LogP contribution is -2.28. The maximum absolute atomic E-state index is 12.4. The van der Waals surface area contributed by atoms with Gasteiger partial charge in [0.25, 0.3) is 0 Å². The predicted octanol–water partition coefficient (Wildman–Crippen LogP) is 5.35. The number of esters is 1. The molecule has 0 aromatic heterocycles. The second-order valence-electron chi connectivity index (χ2n) is 7.32. The van der Waals surface area contributed by atoms with Crippen LogP contribution in [0, 0.1) is 5.41 Å². The summed E-state index contributed by atoms with van der Waals surface area (Å²) in [5.41, 5.74) is 1.73. The third-order valence-electron chi connectivity index (χ3n) is 5.04. The Labute approximate surface area is 173 Å². The van der Waals surface area contributed by atoms with Crippen molar-refractivity contribution >= 4 is 11.7 Å². The zero-order chi connectivity index (χ0) is 21.6. The molecule has 0 radical (unpaired) electrons. The Morgan fingerprint density at radius 3 is 2.30 bits per heavy atom. The molecule has 0 amide bonds. The van der Waals surface area contributed by atoms with E-state index in [4.69, 9.17) is 14.5 Å². The third kappa shape index (κ3) is 5.62. The van der Waals surface area contributed by atoms with Crippen LogP contribution >= 0.6 is 0 Å². The van der Waals surface area contributed by atoms with Crippen LogP contribution in [-0.2, 0) is 16.1 Å². The highest BCUT2D eigenvalue weighted by atomic mass is 19.4. The number of benzene rings is 2. The highest BCUT2D eigenvalue weighted by molar-refractivity contribution is 6.17. The van der Waals surface area contributed by atoms with E-state index in [1.54, 1.807) is 24.3 Å². The summed E-state index contributed by atoms with van der Waals surface area (Å²) in [5.74, 6) is 0.174. The van der Waals surface area contributed by atoms with Gasteiger partial charge >= 0.3 is 12.1 Å². The summed E-state index contributed by atoms with van der Waals surface area (Å²) < 4.78 is 47.1. The van der Waals surface area contributed by atoms with Gasteiger partial charge in [0.15, 0.2) is 0 Å². The molecule has 0 unspecified atom stereocenters. The molecular formula is C23H24F3NO3. The topological polar surface area (TPSA) is 47.9 Å². The highest BCUT2D eigenvalue weighted by Gasteiger charge is 2.55. The smallest absolute Gasteiger partial charge is 0.389 e. The van der Waals surface area contributed by atoms with Crippen LogP contribution in [0.2, 0.25) is 0 Å². The molecule has 1 aliphatic rings. The molecule has 2 aromatic carbocycles. The van der Waals surface area contributed by atoms with Crippen LogP contribution in [0.5, 0.6) is 5.75 Å². The van der Waals surface area contributed by atoms with Gasteiger partial charge in [0.2, 0.25) is 0 Å². The molecule has 2 aromatic rings. The van der Waals surface area contributed by atoms with Gasteiger partial charge in [-0.1, -0.05) is 30.3 Å². The standard InChI is InChI=1S/C23H24F3NO3/c1-29-21(28)22(13-14-22)20(27-16-17-6-3-2-4-7-17)18-8-10-19(11-9-18)30-15-5-12-23(24,25)26/h2-4,6-11H,5,12-16H2,1H3/b27-20+.